The fourth-order valence-electron chi connectivity index (χ4n) is 2.87. The van der Waals surface area contributed by atoms with Crippen LogP contribution in [-0.2, 0) is 0 Å². The summed E-state index contributed by atoms with van der Waals surface area (Å²) in [7, 11) is 5.23. The van der Waals surface area contributed by atoms with Gasteiger partial charge in [-0.05, 0) is 29.8 Å². The van der Waals surface area contributed by atoms with Crippen LogP contribution in [0.15, 0.2) is 48.5 Å². The number of anilines is 4. The summed E-state index contributed by atoms with van der Waals surface area (Å²) in [5.74, 6) is 0.363. The molecule has 0 spiro atoms. The molecule has 0 aliphatic heterocycles. The minimum Gasteiger partial charge on any atom is -0.368 e. The molecular weight excluding hydrogens is 396 g/mol. The van der Waals surface area contributed by atoms with Crippen molar-refractivity contribution in [1.29, 1.82) is 5.26 Å². The second kappa shape index (κ2) is 8.87. The fourth-order valence-corrected chi connectivity index (χ4v) is 2.87. The minimum absolute atomic E-state index is 0.0272. The molecule has 0 aliphatic rings. The van der Waals surface area contributed by atoms with E-state index in [0.29, 0.717) is 17.2 Å². The lowest BCUT2D eigenvalue weighted by Gasteiger charge is -2.19. The van der Waals surface area contributed by atoms with Crippen molar-refractivity contribution >= 4 is 40.6 Å². The third-order valence-electron chi connectivity index (χ3n) is 4.41. The van der Waals surface area contributed by atoms with Gasteiger partial charge < -0.3 is 15.5 Å². The SMILES string of the molecule is CN(C)c1nc(N)nc(/C(C#N)=C/c2ccc(N(C)c3ccccc3)c([N+](=O)[O-])c2)n1. The van der Waals surface area contributed by atoms with Crippen molar-refractivity contribution in [2.75, 3.05) is 36.7 Å². The Labute approximate surface area is 179 Å². The summed E-state index contributed by atoms with van der Waals surface area (Å²) < 4.78 is 0. The largest absolute Gasteiger partial charge is 0.368 e. The van der Waals surface area contributed by atoms with Crippen molar-refractivity contribution in [1.82, 2.24) is 15.0 Å². The zero-order valence-corrected chi connectivity index (χ0v) is 17.2. The van der Waals surface area contributed by atoms with Crippen LogP contribution in [0.1, 0.15) is 11.4 Å². The first-order valence-electron chi connectivity index (χ1n) is 9.18. The second-order valence-corrected chi connectivity index (χ2v) is 6.78. The number of nitriles is 1. The monoisotopic (exact) mass is 416 g/mol. The molecule has 0 atom stereocenters. The Bertz CT molecular complexity index is 1190. The van der Waals surface area contributed by atoms with Gasteiger partial charge in [0.05, 0.1) is 10.5 Å². The van der Waals surface area contributed by atoms with Gasteiger partial charge in [-0.1, -0.05) is 24.3 Å². The third kappa shape index (κ3) is 4.73. The maximum absolute atomic E-state index is 11.7. The number of hydrogen-bond acceptors (Lipinski definition) is 9. The minimum atomic E-state index is -0.455. The molecule has 2 N–H and O–H groups in total. The van der Waals surface area contributed by atoms with Crippen LogP contribution >= 0.6 is 0 Å². The van der Waals surface area contributed by atoms with Gasteiger partial charge >= 0.3 is 0 Å². The number of nitro benzene ring substituents is 1. The zero-order chi connectivity index (χ0) is 22.5. The highest BCUT2D eigenvalue weighted by Crippen LogP contribution is 2.34. The number of aromatic nitrogens is 3. The topological polar surface area (TPSA) is 138 Å². The molecule has 0 radical (unpaired) electrons. The summed E-state index contributed by atoms with van der Waals surface area (Å²) in [5.41, 5.74) is 7.43. The number of benzene rings is 2. The Hall–Kier alpha value is -4.52. The number of nitro groups is 1. The van der Waals surface area contributed by atoms with Crippen LogP contribution in [0.2, 0.25) is 0 Å². The van der Waals surface area contributed by atoms with E-state index in [1.807, 2.05) is 36.4 Å². The van der Waals surface area contributed by atoms with Crippen molar-refractivity contribution in [3.8, 4) is 6.07 Å². The number of nitrogen functional groups attached to an aromatic ring is 1. The first-order chi connectivity index (χ1) is 14.8. The predicted octanol–water partition coefficient (Wildman–Crippen LogP) is 3.26. The smallest absolute Gasteiger partial charge is 0.293 e. The lowest BCUT2D eigenvalue weighted by Crippen LogP contribution is -2.15. The van der Waals surface area contributed by atoms with Gasteiger partial charge in [0.15, 0.2) is 5.82 Å². The Balaban J connectivity index is 2.05. The number of allylic oxidation sites excluding steroid dienone is 1. The summed E-state index contributed by atoms with van der Waals surface area (Å²) in [6, 6.07) is 16.1. The van der Waals surface area contributed by atoms with Gasteiger partial charge in [-0.25, -0.2) is 0 Å². The Morgan fingerprint density at radius 2 is 1.84 bits per heavy atom. The highest BCUT2D eigenvalue weighted by Gasteiger charge is 2.19. The molecule has 3 aromatic rings. The van der Waals surface area contributed by atoms with E-state index in [0.717, 1.165) is 5.69 Å². The van der Waals surface area contributed by atoms with Crippen LogP contribution in [0.5, 0.6) is 0 Å². The van der Waals surface area contributed by atoms with Crippen LogP contribution in [0, 0.1) is 21.4 Å². The van der Waals surface area contributed by atoms with Gasteiger partial charge in [-0.2, -0.15) is 20.2 Å². The molecule has 0 amide bonds. The quantitative estimate of drug-likeness (QED) is 0.364. The second-order valence-electron chi connectivity index (χ2n) is 6.78. The summed E-state index contributed by atoms with van der Waals surface area (Å²) >= 11 is 0. The molecule has 0 saturated heterocycles. The van der Waals surface area contributed by atoms with Gasteiger partial charge in [-0.15, -0.1) is 0 Å². The number of hydrogen-bond donors (Lipinski definition) is 1. The van der Waals surface area contributed by atoms with E-state index in [4.69, 9.17) is 5.73 Å². The molecule has 1 aromatic heterocycles. The molecule has 0 unspecified atom stereocenters. The van der Waals surface area contributed by atoms with Crippen LogP contribution in [0.4, 0.5) is 29.0 Å². The van der Waals surface area contributed by atoms with Crippen LogP contribution in [0.3, 0.4) is 0 Å². The van der Waals surface area contributed by atoms with Crippen LogP contribution < -0.4 is 15.5 Å². The summed E-state index contributed by atoms with van der Waals surface area (Å²) in [6.07, 6.45) is 1.48. The normalized spacial score (nSPS) is 11.0. The third-order valence-corrected chi connectivity index (χ3v) is 4.41. The van der Waals surface area contributed by atoms with Crippen molar-refractivity contribution in [3.05, 3.63) is 70.0 Å². The van der Waals surface area contributed by atoms with Gasteiger partial charge in [0.1, 0.15) is 11.8 Å². The molecule has 0 saturated carbocycles. The standard InChI is InChI=1S/C21H20N8O2/c1-27(2)21-25-19(24-20(23)26-21)15(13-22)11-14-9-10-17(18(12-14)29(30)31)28(3)16-7-5-4-6-8-16/h4-12H,1-3H3,(H2,23,24,25,26)/b15-11+. The number of rotatable bonds is 6. The fraction of sp³-hybridized carbons (Fsp3) is 0.143. The number of nitrogens with two attached hydrogens (primary N) is 1. The van der Waals surface area contributed by atoms with Gasteiger partial charge in [0.2, 0.25) is 11.9 Å². The number of para-hydroxylation sites is 1. The van der Waals surface area contributed by atoms with E-state index >= 15 is 0 Å². The molecule has 10 heteroatoms. The number of nitrogens with zero attached hydrogens (tertiary/aromatic N) is 7. The van der Waals surface area contributed by atoms with Crippen molar-refractivity contribution < 1.29 is 4.92 Å². The van der Waals surface area contributed by atoms with E-state index in [1.54, 1.807) is 43.1 Å². The highest BCUT2D eigenvalue weighted by molar-refractivity contribution is 5.88. The molecule has 2 aromatic carbocycles. The van der Waals surface area contributed by atoms with E-state index in [9.17, 15) is 15.4 Å². The first-order valence-corrected chi connectivity index (χ1v) is 9.18. The molecule has 156 valence electrons. The highest BCUT2D eigenvalue weighted by atomic mass is 16.6. The molecule has 0 fully saturated rings. The first kappa shape index (κ1) is 21.2. The van der Waals surface area contributed by atoms with Gasteiger partial charge in [0.25, 0.3) is 5.69 Å². The molecule has 0 aliphatic carbocycles. The molecular formula is C21H20N8O2. The van der Waals surface area contributed by atoms with Crippen molar-refractivity contribution in [2.24, 2.45) is 0 Å². The predicted molar refractivity (Wildman–Crippen MR) is 120 cm³/mol. The van der Waals surface area contributed by atoms with Gasteiger partial charge in [-0.3, -0.25) is 10.1 Å². The summed E-state index contributed by atoms with van der Waals surface area (Å²) in [6.45, 7) is 0. The van der Waals surface area contributed by atoms with E-state index in [2.05, 4.69) is 15.0 Å². The zero-order valence-electron chi connectivity index (χ0n) is 17.2. The molecule has 10 nitrogen and oxygen atoms in total. The van der Waals surface area contributed by atoms with Crippen LogP contribution in [0.25, 0.3) is 11.6 Å². The maximum Gasteiger partial charge on any atom is 0.293 e. The summed E-state index contributed by atoms with van der Waals surface area (Å²) in [5, 5.41) is 21.4. The molecule has 3 rings (SSSR count). The van der Waals surface area contributed by atoms with E-state index in [-0.39, 0.29) is 23.0 Å². The molecule has 0 bridgehead atoms. The van der Waals surface area contributed by atoms with Gasteiger partial charge in [0, 0.05) is 32.9 Å². The molecule has 31 heavy (non-hydrogen) atoms. The average molecular weight is 416 g/mol. The maximum atomic E-state index is 11.7. The Kier molecular flexibility index (Phi) is 6.07. The lowest BCUT2D eigenvalue weighted by molar-refractivity contribution is -0.384. The van der Waals surface area contributed by atoms with Crippen molar-refractivity contribution in [2.45, 2.75) is 0 Å². The summed E-state index contributed by atoms with van der Waals surface area (Å²) in [4.78, 5) is 26.9. The van der Waals surface area contributed by atoms with Crippen LogP contribution in [-0.4, -0.2) is 41.0 Å². The van der Waals surface area contributed by atoms with Crippen molar-refractivity contribution in [3.63, 3.8) is 0 Å². The Morgan fingerprint density at radius 3 is 2.45 bits per heavy atom. The van der Waals surface area contributed by atoms with E-state index < -0.39 is 4.92 Å². The Morgan fingerprint density at radius 1 is 1.13 bits per heavy atom. The molecule has 1 heterocycles. The van der Waals surface area contributed by atoms with E-state index in [1.165, 1.54) is 12.1 Å². The lowest BCUT2D eigenvalue weighted by atomic mass is 10.1. The average Bonchev–Trinajstić information content (AvgIpc) is 2.76.